The van der Waals surface area contributed by atoms with Crippen LogP contribution in [-0.2, 0) is 5.33 Å². The quantitative estimate of drug-likeness (QED) is 0.745. The molecular formula is C14H20BrN. The van der Waals surface area contributed by atoms with Gasteiger partial charge in [-0.2, -0.15) is 0 Å². The molecule has 1 heterocycles. The lowest BCUT2D eigenvalue weighted by Gasteiger charge is -2.30. The molecule has 0 spiro atoms. The molecule has 2 unspecified atom stereocenters. The van der Waals surface area contributed by atoms with Gasteiger partial charge in [0, 0.05) is 23.1 Å². The van der Waals surface area contributed by atoms with Crippen molar-refractivity contribution < 1.29 is 0 Å². The Morgan fingerprint density at radius 2 is 1.94 bits per heavy atom. The van der Waals surface area contributed by atoms with Gasteiger partial charge in [0.15, 0.2) is 0 Å². The molecule has 0 radical (unpaired) electrons. The molecule has 0 amide bonds. The summed E-state index contributed by atoms with van der Waals surface area (Å²) >= 11 is 3.49. The van der Waals surface area contributed by atoms with Crippen LogP contribution in [0.4, 0.5) is 5.69 Å². The summed E-state index contributed by atoms with van der Waals surface area (Å²) in [5.41, 5.74) is 2.74. The van der Waals surface area contributed by atoms with Gasteiger partial charge < -0.3 is 4.90 Å². The van der Waals surface area contributed by atoms with Gasteiger partial charge in [-0.25, -0.2) is 0 Å². The van der Waals surface area contributed by atoms with E-state index in [1.54, 1.807) is 0 Å². The average Bonchev–Trinajstić information content (AvgIpc) is 2.70. The van der Waals surface area contributed by atoms with Crippen molar-refractivity contribution in [1.29, 1.82) is 0 Å². The lowest BCUT2D eigenvalue weighted by Crippen LogP contribution is -2.33. The Balaban J connectivity index is 2.21. The Morgan fingerprint density at radius 3 is 2.50 bits per heavy atom. The van der Waals surface area contributed by atoms with Gasteiger partial charge >= 0.3 is 0 Å². The minimum atomic E-state index is 0.694. The van der Waals surface area contributed by atoms with E-state index in [-0.39, 0.29) is 0 Å². The van der Waals surface area contributed by atoms with Crippen molar-refractivity contribution in [2.24, 2.45) is 0 Å². The van der Waals surface area contributed by atoms with E-state index in [2.05, 4.69) is 58.9 Å². The molecule has 1 aliphatic rings. The molecular weight excluding hydrogens is 262 g/mol. The highest BCUT2D eigenvalue weighted by Gasteiger charge is 2.28. The van der Waals surface area contributed by atoms with Gasteiger partial charge in [0.1, 0.15) is 0 Å². The predicted molar refractivity (Wildman–Crippen MR) is 74.3 cm³/mol. The van der Waals surface area contributed by atoms with Crippen LogP contribution >= 0.6 is 15.9 Å². The highest BCUT2D eigenvalue weighted by atomic mass is 79.9. The summed E-state index contributed by atoms with van der Waals surface area (Å²) in [4.78, 5) is 2.60. The zero-order valence-corrected chi connectivity index (χ0v) is 11.7. The van der Waals surface area contributed by atoms with E-state index in [0.29, 0.717) is 6.04 Å². The zero-order valence-electron chi connectivity index (χ0n) is 10.1. The van der Waals surface area contributed by atoms with Gasteiger partial charge in [0.25, 0.3) is 0 Å². The first kappa shape index (κ1) is 12.0. The van der Waals surface area contributed by atoms with Crippen LogP contribution in [0.1, 0.15) is 38.7 Å². The summed E-state index contributed by atoms with van der Waals surface area (Å²) in [7, 11) is 0. The van der Waals surface area contributed by atoms with Crippen molar-refractivity contribution in [1.82, 2.24) is 0 Å². The molecule has 1 aliphatic heterocycles. The lowest BCUT2D eigenvalue weighted by molar-refractivity contribution is 0.628. The molecule has 0 N–H and O–H groups in total. The molecule has 2 atom stereocenters. The number of alkyl halides is 1. The molecule has 1 fully saturated rings. The normalized spacial score (nSPS) is 25.1. The molecule has 2 heteroatoms. The van der Waals surface area contributed by atoms with Crippen LogP contribution in [0.25, 0.3) is 0 Å². The number of hydrogen-bond acceptors (Lipinski definition) is 1. The van der Waals surface area contributed by atoms with Gasteiger partial charge in [-0.15, -0.1) is 0 Å². The van der Waals surface area contributed by atoms with Gasteiger partial charge in [0.2, 0.25) is 0 Å². The van der Waals surface area contributed by atoms with E-state index < -0.39 is 0 Å². The van der Waals surface area contributed by atoms with Crippen molar-refractivity contribution in [3.05, 3.63) is 29.8 Å². The number of hydrogen-bond donors (Lipinski definition) is 0. The summed E-state index contributed by atoms with van der Waals surface area (Å²) < 4.78 is 0. The third-order valence-electron chi connectivity index (χ3n) is 3.65. The lowest BCUT2D eigenvalue weighted by atomic mass is 10.1. The molecule has 1 aromatic carbocycles. The maximum atomic E-state index is 3.49. The minimum Gasteiger partial charge on any atom is -0.366 e. The second-order valence-electron chi connectivity index (χ2n) is 4.70. The summed E-state index contributed by atoms with van der Waals surface area (Å²) in [5.74, 6) is 0. The van der Waals surface area contributed by atoms with Gasteiger partial charge in [0.05, 0.1) is 0 Å². The number of nitrogens with zero attached hydrogens (tertiary/aromatic N) is 1. The average molecular weight is 282 g/mol. The fraction of sp³-hybridized carbons (Fsp3) is 0.571. The Hall–Kier alpha value is -0.500. The number of benzene rings is 1. The Kier molecular flexibility index (Phi) is 3.91. The maximum absolute atomic E-state index is 3.49. The van der Waals surface area contributed by atoms with Crippen molar-refractivity contribution >= 4 is 21.6 Å². The topological polar surface area (TPSA) is 3.24 Å². The van der Waals surface area contributed by atoms with Crippen LogP contribution in [0, 0.1) is 0 Å². The largest absolute Gasteiger partial charge is 0.366 e. The van der Waals surface area contributed by atoms with E-state index >= 15 is 0 Å². The Bertz CT molecular complexity index is 333. The van der Waals surface area contributed by atoms with Crippen molar-refractivity contribution in [3.63, 3.8) is 0 Å². The molecule has 2 rings (SSSR count). The van der Waals surface area contributed by atoms with Crippen molar-refractivity contribution in [3.8, 4) is 0 Å². The highest BCUT2D eigenvalue weighted by molar-refractivity contribution is 9.08. The monoisotopic (exact) mass is 281 g/mol. The summed E-state index contributed by atoms with van der Waals surface area (Å²) in [5, 5.41) is 0.944. The van der Waals surface area contributed by atoms with Gasteiger partial charge in [-0.1, -0.05) is 35.0 Å². The maximum Gasteiger partial charge on any atom is 0.0371 e. The van der Waals surface area contributed by atoms with Crippen LogP contribution in [0.3, 0.4) is 0 Å². The SMILES string of the molecule is CCC1CCC(C)N1c1ccc(CBr)cc1. The third kappa shape index (κ3) is 2.27. The highest BCUT2D eigenvalue weighted by Crippen LogP contribution is 2.32. The van der Waals surface area contributed by atoms with Gasteiger partial charge in [-0.05, 0) is 43.9 Å². The fourth-order valence-corrected chi connectivity index (χ4v) is 3.07. The Morgan fingerprint density at radius 1 is 1.25 bits per heavy atom. The van der Waals surface area contributed by atoms with Crippen LogP contribution in [0.2, 0.25) is 0 Å². The molecule has 0 aromatic heterocycles. The predicted octanol–water partition coefficient (Wildman–Crippen LogP) is 4.35. The van der Waals surface area contributed by atoms with Crippen molar-refractivity contribution in [2.75, 3.05) is 4.90 Å². The van der Waals surface area contributed by atoms with Crippen LogP contribution in [-0.4, -0.2) is 12.1 Å². The van der Waals surface area contributed by atoms with E-state index in [1.165, 1.54) is 30.5 Å². The zero-order chi connectivity index (χ0) is 11.5. The second-order valence-corrected chi connectivity index (χ2v) is 5.26. The number of anilines is 1. The Labute approximate surface area is 107 Å². The van der Waals surface area contributed by atoms with Crippen LogP contribution in [0.5, 0.6) is 0 Å². The molecule has 1 saturated heterocycles. The van der Waals surface area contributed by atoms with E-state index in [0.717, 1.165) is 11.4 Å². The molecule has 1 nitrogen and oxygen atoms in total. The van der Waals surface area contributed by atoms with Crippen molar-refractivity contribution in [2.45, 2.75) is 50.5 Å². The molecule has 0 bridgehead atoms. The first-order valence-electron chi connectivity index (χ1n) is 6.19. The second kappa shape index (κ2) is 5.22. The molecule has 0 saturated carbocycles. The molecule has 16 heavy (non-hydrogen) atoms. The standard InChI is InChI=1S/C14H20BrN/c1-3-13-7-4-11(2)16(13)14-8-5-12(10-15)6-9-14/h5-6,8-9,11,13H,3-4,7,10H2,1-2H3. The summed E-state index contributed by atoms with van der Waals surface area (Å²) in [6.45, 7) is 4.64. The molecule has 0 aliphatic carbocycles. The fourth-order valence-electron chi connectivity index (χ4n) is 2.69. The first-order valence-corrected chi connectivity index (χ1v) is 7.31. The third-order valence-corrected chi connectivity index (χ3v) is 4.29. The summed E-state index contributed by atoms with van der Waals surface area (Å²) in [6.07, 6.45) is 3.93. The van der Waals surface area contributed by atoms with E-state index in [1.807, 2.05) is 0 Å². The van der Waals surface area contributed by atoms with Gasteiger partial charge in [-0.3, -0.25) is 0 Å². The summed E-state index contributed by atoms with van der Waals surface area (Å²) in [6, 6.07) is 10.4. The first-order chi connectivity index (χ1) is 7.76. The minimum absolute atomic E-state index is 0.694. The number of rotatable bonds is 3. The smallest absolute Gasteiger partial charge is 0.0371 e. The van der Waals surface area contributed by atoms with E-state index in [9.17, 15) is 0 Å². The molecule has 1 aromatic rings. The van der Waals surface area contributed by atoms with Crippen LogP contribution in [0.15, 0.2) is 24.3 Å². The van der Waals surface area contributed by atoms with E-state index in [4.69, 9.17) is 0 Å². The van der Waals surface area contributed by atoms with Crippen LogP contribution < -0.4 is 4.90 Å². The molecule has 88 valence electrons. The number of halogens is 1.